The fourth-order valence-electron chi connectivity index (χ4n) is 2.09. The van der Waals surface area contributed by atoms with Crippen LogP contribution in [0, 0.1) is 0 Å². The van der Waals surface area contributed by atoms with Crippen molar-refractivity contribution in [1.82, 2.24) is 4.90 Å². The van der Waals surface area contributed by atoms with E-state index in [-0.39, 0.29) is 17.4 Å². The first-order chi connectivity index (χ1) is 9.08. The van der Waals surface area contributed by atoms with Gasteiger partial charge in [-0.05, 0) is 37.1 Å². The van der Waals surface area contributed by atoms with Gasteiger partial charge in [-0.15, -0.1) is 11.8 Å². The van der Waals surface area contributed by atoms with Crippen molar-refractivity contribution in [3.05, 3.63) is 24.3 Å². The summed E-state index contributed by atoms with van der Waals surface area (Å²) < 4.78 is 0. The predicted octanol–water partition coefficient (Wildman–Crippen LogP) is 1.56. The number of phenolic OH excluding ortho intramolecular Hbond substituents is 1. The average molecular weight is 281 g/mol. The molecule has 0 aliphatic carbocycles. The Labute approximate surface area is 115 Å². The maximum atomic E-state index is 12.0. The predicted molar refractivity (Wildman–Crippen MR) is 71.2 cm³/mol. The first-order valence-electron chi connectivity index (χ1n) is 6.02. The van der Waals surface area contributed by atoms with Crippen LogP contribution in [0.2, 0.25) is 0 Å². The maximum Gasteiger partial charge on any atom is 0.326 e. The lowest BCUT2D eigenvalue weighted by Crippen LogP contribution is -2.41. The molecule has 1 atom stereocenters. The SMILES string of the molecule is O=C(O)[C@@H]1CCCN1C(=O)CSc1ccc(O)cc1. The number of likely N-dealkylation sites (tertiary alicyclic amines) is 1. The molecule has 0 unspecified atom stereocenters. The largest absolute Gasteiger partial charge is 0.508 e. The fraction of sp³-hybridized carbons (Fsp3) is 0.385. The van der Waals surface area contributed by atoms with Crippen molar-refractivity contribution in [2.75, 3.05) is 12.3 Å². The molecule has 1 heterocycles. The van der Waals surface area contributed by atoms with Crippen LogP contribution in [0.1, 0.15) is 12.8 Å². The van der Waals surface area contributed by atoms with E-state index in [0.29, 0.717) is 13.0 Å². The van der Waals surface area contributed by atoms with Gasteiger partial charge in [0.15, 0.2) is 0 Å². The molecule has 1 saturated heterocycles. The van der Waals surface area contributed by atoms with E-state index in [1.165, 1.54) is 16.7 Å². The molecule has 0 radical (unpaired) electrons. The van der Waals surface area contributed by atoms with Crippen LogP contribution in [-0.2, 0) is 9.59 Å². The number of benzene rings is 1. The molecule has 1 aliphatic heterocycles. The number of carboxylic acid groups (broad SMARTS) is 1. The molecule has 1 aromatic rings. The molecule has 0 aromatic heterocycles. The summed E-state index contributed by atoms with van der Waals surface area (Å²) in [4.78, 5) is 25.3. The van der Waals surface area contributed by atoms with Crippen LogP contribution in [-0.4, -0.2) is 45.3 Å². The average Bonchev–Trinajstić information content (AvgIpc) is 2.87. The van der Waals surface area contributed by atoms with Gasteiger partial charge < -0.3 is 15.1 Å². The van der Waals surface area contributed by atoms with Gasteiger partial charge in [-0.3, -0.25) is 4.79 Å². The zero-order valence-corrected chi connectivity index (χ0v) is 11.1. The molecule has 102 valence electrons. The number of rotatable bonds is 4. The summed E-state index contributed by atoms with van der Waals surface area (Å²) >= 11 is 1.34. The van der Waals surface area contributed by atoms with Crippen molar-refractivity contribution in [3.63, 3.8) is 0 Å². The molecular weight excluding hydrogens is 266 g/mol. The number of thioether (sulfide) groups is 1. The number of aromatic hydroxyl groups is 1. The third-order valence-electron chi connectivity index (χ3n) is 3.06. The number of nitrogens with zero attached hydrogens (tertiary/aromatic N) is 1. The van der Waals surface area contributed by atoms with Crippen molar-refractivity contribution >= 4 is 23.6 Å². The van der Waals surface area contributed by atoms with Gasteiger partial charge in [-0.1, -0.05) is 0 Å². The minimum absolute atomic E-state index is 0.150. The molecule has 5 nitrogen and oxygen atoms in total. The second-order valence-electron chi connectivity index (χ2n) is 4.37. The highest BCUT2D eigenvalue weighted by Crippen LogP contribution is 2.23. The van der Waals surface area contributed by atoms with Gasteiger partial charge in [0.1, 0.15) is 11.8 Å². The standard InChI is InChI=1S/C13H15NO4S/c15-9-3-5-10(6-4-9)19-8-12(16)14-7-1-2-11(14)13(17)18/h3-6,11,15H,1-2,7-8H2,(H,17,18)/t11-/m0/s1. The molecule has 0 spiro atoms. The van der Waals surface area contributed by atoms with E-state index in [1.54, 1.807) is 24.3 Å². The van der Waals surface area contributed by atoms with Crippen LogP contribution in [0.5, 0.6) is 5.75 Å². The van der Waals surface area contributed by atoms with Gasteiger partial charge in [-0.2, -0.15) is 0 Å². The molecule has 1 fully saturated rings. The lowest BCUT2D eigenvalue weighted by atomic mass is 10.2. The van der Waals surface area contributed by atoms with Crippen LogP contribution in [0.15, 0.2) is 29.2 Å². The van der Waals surface area contributed by atoms with E-state index in [1.807, 2.05) is 0 Å². The minimum atomic E-state index is -0.930. The third kappa shape index (κ3) is 3.41. The van der Waals surface area contributed by atoms with Crippen LogP contribution in [0.3, 0.4) is 0 Å². The lowest BCUT2D eigenvalue weighted by molar-refractivity contribution is -0.147. The second kappa shape index (κ2) is 5.97. The van der Waals surface area contributed by atoms with Gasteiger partial charge in [-0.25, -0.2) is 4.79 Å². The molecule has 6 heteroatoms. The summed E-state index contributed by atoms with van der Waals surface area (Å²) in [6.07, 6.45) is 1.28. The van der Waals surface area contributed by atoms with Crippen molar-refractivity contribution in [2.45, 2.75) is 23.8 Å². The zero-order chi connectivity index (χ0) is 13.8. The zero-order valence-electron chi connectivity index (χ0n) is 10.3. The summed E-state index contributed by atoms with van der Waals surface area (Å²) in [7, 11) is 0. The summed E-state index contributed by atoms with van der Waals surface area (Å²) in [6, 6.07) is 5.90. The number of amides is 1. The molecule has 0 saturated carbocycles. The Kier molecular flexibility index (Phi) is 4.31. The Morgan fingerprint density at radius 3 is 2.63 bits per heavy atom. The minimum Gasteiger partial charge on any atom is -0.508 e. The molecule has 1 aromatic carbocycles. The lowest BCUT2D eigenvalue weighted by Gasteiger charge is -2.21. The highest BCUT2D eigenvalue weighted by atomic mass is 32.2. The van der Waals surface area contributed by atoms with Crippen molar-refractivity contribution < 1.29 is 19.8 Å². The molecule has 2 rings (SSSR count). The highest BCUT2D eigenvalue weighted by molar-refractivity contribution is 8.00. The van der Waals surface area contributed by atoms with E-state index in [9.17, 15) is 9.59 Å². The Bertz CT molecular complexity index is 474. The van der Waals surface area contributed by atoms with Crippen molar-refractivity contribution in [1.29, 1.82) is 0 Å². The van der Waals surface area contributed by atoms with E-state index >= 15 is 0 Å². The number of carboxylic acids is 1. The summed E-state index contributed by atoms with van der Waals surface area (Å²) in [5.74, 6) is -0.682. The number of carbonyl (C=O) groups is 2. The van der Waals surface area contributed by atoms with Crippen LogP contribution in [0.25, 0.3) is 0 Å². The van der Waals surface area contributed by atoms with Crippen molar-refractivity contribution in [2.24, 2.45) is 0 Å². The molecule has 19 heavy (non-hydrogen) atoms. The van der Waals surface area contributed by atoms with Crippen LogP contribution < -0.4 is 0 Å². The Hall–Kier alpha value is -1.69. The Morgan fingerprint density at radius 2 is 2.00 bits per heavy atom. The van der Waals surface area contributed by atoms with Gasteiger partial charge in [0.2, 0.25) is 5.91 Å². The quantitative estimate of drug-likeness (QED) is 0.819. The van der Waals surface area contributed by atoms with Crippen LogP contribution in [0.4, 0.5) is 0 Å². The number of phenols is 1. The second-order valence-corrected chi connectivity index (χ2v) is 5.41. The molecular formula is C13H15NO4S. The van der Waals surface area contributed by atoms with E-state index in [4.69, 9.17) is 10.2 Å². The van der Waals surface area contributed by atoms with E-state index in [0.717, 1.165) is 11.3 Å². The Morgan fingerprint density at radius 1 is 1.32 bits per heavy atom. The molecule has 1 amide bonds. The summed E-state index contributed by atoms with van der Waals surface area (Å²) in [5.41, 5.74) is 0. The van der Waals surface area contributed by atoms with Crippen LogP contribution >= 0.6 is 11.8 Å². The first kappa shape index (κ1) is 13.7. The van der Waals surface area contributed by atoms with Gasteiger partial charge >= 0.3 is 5.97 Å². The van der Waals surface area contributed by atoms with E-state index in [2.05, 4.69) is 0 Å². The number of hydrogen-bond donors (Lipinski definition) is 2. The monoisotopic (exact) mass is 281 g/mol. The number of aliphatic carboxylic acids is 1. The smallest absolute Gasteiger partial charge is 0.326 e. The normalized spacial score (nSPS) is 18.5. The maximum absolute atomic E-state index is 12.0. The third-order valence-corrected chi connectivity index (χ3v) is 4.05. The number of carbonyl (C=O) groups excluding carboxylic acids is 1. The van der Waals surface area contributed by atoms with Gasteiger partial charge in [0.25, 0.3) is 0 Å². The van der Waals surface area contributed by atoms with Crippen molar-refractivity contribution in [3.8, 4) is 5.75 Å². The number of hydrogen-bond acceptors (Lipinski definition) is 4. The van der Waals surface area contributed by atoms with Gasteiger partial charge in [0, 0.05) is 11.4 Å². The topological polar surface area (TPSA) is 77.8 Å². The summed E-state index contributed by atoms with van der Waals surface area (Å²) in [5, 5.41) is 18.2. The molecule has 2 N–H and O–H groups in total. The van der Waals surface area contributed by atoms with Gasteiger partial charge in [0.05, 0.1) is 5.75 Å². The first-order valence-corrected chi connectivity index (χ1v) is 7.00. The highest BCUT2D eigenvalue weighted by Gasteiger charge is 2.33. The Balaban J connectivity index is 1.90. The summed E-state index contributed by atoms with van der Waals surface area (Å²) in [6.45, 7) is 0.520. The fourth-order valence-corrected chi connectivity index (χ4v) is 2.88. The molecule has 1 aliphatic rings. The molecule has 0 bridgehead atoms. The van der Waals surface area contributed by atoms with E-state index < -0.39 is 12.0 Å².